The highest BCUT2D eigenvalue weighted by Gasteiger charge is 2.07. The first-order valence-corrected chi connectivity index (χ1v) is 10.0. The Morgan fingerprint density at radius 2 is 2.00 bits per heavy atom. The van der Waals surface area contributed by atoms with Gasteiger partial charge in [0.05, 0.1) is 13.7 Å². The van der Waals surface area contributed by atoms with E-state index in [0.29, 0.717) is 31.1 Å². The number of carbonyl (C=O) groups excluding carboxylic acids is 1. The van der Waals surface area contributed by atoms with Crippen molar-refractivity contribution in [3.05, 3.63) is 58.6 Å². The average Bonchev–Trinajstić information content (AvgIpc) is 2.64. The van der Waals surface area contributed by atoms with Gasteiger partial charge in [0.15, 0.2) is 11.5 Å². The maximum absolute atomic E-state index is 12.0. The van der Waals surface area contributed by atoms with Crippen LogP contribution in [0.1, 0.15) is 24.5 Å². The zero-order chi connectivity index (χ0) is 18.8. The van der Waals surface area contributed by atoms with Gasteiger partial charge in [-0.3, -0.25) is 4.79 Å². The number of methoxy groups -OCH3 is 1. The second-order valence-corrected chi connectivity index (χ2v) is 7.17. The van der Waals surface area contributed by atoms with Crippen molar-refractivity contribution in [1.82, 2.24) is 5.32 Å². The van der Waals surface area contributed by atoms with E-state index in [1.54, 1.807) is 18.9 Å². The third-order valence-electron chi connectivity index (χ3n) is 3.65. The fourth-order valence-electron chi connectivity index (χ4n) is 2.37. The Balaban J connectivity index is 1.71. The summed E-state index contributed by atoms with van der Waals surface area (Å²) in [6, 6.07) is 13.5. The summed E-state index contributed by atoms with van der Waals surface area (Å²) in [6.07, 6.45) is 0.486. The van der Waals surface area contributed by atoms with Crippen molar-refractivity contribution < 1.29 is 14.3 Å². The first-order chi connectivity index (χ1) is 12.6. The quantitative estimate of drug-likeness (QED) is 0.595. The van der Waals surface area contributed by atoms with Gasteiger partial charge in [0.25, 0.3) is 0 Å². The Morgan fingerprint density at radius 3 is 2.73 bits per heavy atom. The summed E-state index contributed by atoms with van der Waals surface area (Å²) in [5, 5.41) is 3.68. The van der Waals surface area contributed by atoms with Crippen molar-refractivity contribution in [2.45, 2.75) is 25.6 Å². The molecule has 4 nitrogen and oxygen atoms in total. The topological polar surface area (TPSA) is 47.6 Å². The molecule has 0 aliphatic rings. The first kappa shape index (κ1) is 20.5. The van der Waals surface area contributed by atoms with Crippen molar-refractivity contribution in [3.8, 4) is 11.5 Å². The van der Waals surface area contributed by atoms with Crippen LogP contribution in [-0.2, 0) is 17.1 Å². The van der Waals surface area contributed by atoms with Gasteiger partial charge in [-0.1, -0.05) is 29.8 Å². The Morgan fingerprint density at radius 1 is 1.15 bits per heavy atom. The summed E-state index contributed by atoms with van der Waals surface area (Å²) in [7, 11) is 1.61. The number of hydrogen-bond acceptors (Lipinski definition) is 4. The number of rotatable bonds is 10. The lowest BCUT2D eigenvalue weighted by Gasteiger charge is -2.11. The van der Waals surface area contributed by atoms with Crippen LogP contribution in [0.2, 0.25) is 5.02 Å². The molecule has 0 bridgehead atoms. The van der Waals surface area contributed by atoms with Crippen LogP contribution < -0.4 is 14.8 Å². The van der Waals surface area contributed by atoms with Gasteiger partial charge in [-0.2, -0.15) is 11.8 Å². The van der Waals surface area contributed by atoms with Gasteiger partial charge in [0.2, 0.25) is 5.91 Å². The highest BCUT2D eigenvalue weighted by molar-refractivity contribution is 7.98. The largest absolute Gasteiger partial charge is 0.493 e. The van der Waals surface area contributed by atoms with E-state index in [-0.39, 0.29) is 5.91 Å². The van der Waals surface area contributed by atoms with Crippen LogP contribution in [0.3, 0.4) is 0 Å². The minimum atomic E-state index is 0.0384. The lowest BCUT2D eigenvalue weighted by molar-refractivity contribution is -0.120. The number of benzene rings is 2. The predicted octanol–water partition coefficient (Wildman–Crippen LogP) is 4.69. The summed E-state index contributed by atoms with van der Waals surface area (Å²) in [6.45, 7) is 2.98. The molecule has 2 aromatic rings. The van der Waals surface area contributed by atoms with E-state index in [0.717, 1.165) is 22.1 Å². The van der Waals surface area contributed by atoms with Gasteiger partial charge in [-0.05, 0) is 42.3 Å². The van der Waals surface area contributed by atoms with Crippen LogP contribution in [0.15, 0.2) is 42.5 Å². The molecule has 0 atom stereocenters. The Kier molecular flexibility index (Phi) is 8.65. The minimum absolute atomic E-state index is 0.0384. The normalized spacial score (nSPS) is 10.4. The number of nitrogens with one attached hydrogen (secondary N) is 1. The highest BCUT2D eigenvalue weighted by atomic mass is 35.5. The van der Waals surface area contributed by atoms with Crippen LogP contribution in [0.4, 0.5) is 0 Å². The van der Waals surface area contributed by atoms with Crippen LogP contribution in [0.25, 0.3) is 0 Å². The molecular weight excluding hydrogens is 370 g/mol. The number of hydrogen-bond donors (Lipinski definition) is 1. The average molecular weight is 394 g/mol. The van der Waals surface area contributed by atoms with Gasteiger partial charge >= 0.3 is 0 Å². The Labute approximate surface area is 164 Å². The summed E-state index contributed by atoms with van der Waals surface area (Å²) >= 11 is 7.69. The number of ether oxygens (including phenoxy) is 2. The SMILES string of the molecule is CCOc1ccc(CNC(=O)CCSCc2cccc(Cl)c2)cc1OC. The Bertz CT molecular complexity index is 724. The lowest BCUT2D eigenvalue weighted by atomic mass is 10.2. The third-order valence-corrected chi connectivity index (χ3v) is 4.91. The molecule has 6 heteroatoms. The smallest absolute Gasteiger partial charge is 0.221 e. The van der Waals surface area contributed by atoms with Gasteiger partial charge in [-0.25, -0.2) is 0 Å². The molecule has 2 aromatic carbocycles. The van der Waals surface area contributed by atoms with Crippen molar-refractivity contribution in [3.63, 3.8) is 0 Å². The highest BCUT2D eigenvalue weighted by Crippen LogP contribution is 2.28. The molecule has 0 fully saturated rings. The molecule has 2 rings (SSSR count). The zero-order valence-corrected chi connectivity index (χ0v) is 16.7. The monoisotopic (exact) mass is 393 g/mol. The van der Waals surface area contributed by atoms with Crippen molar-refractivity contribution in [1.29, 1.82) is 0 Å². The molecular formula is C20H24ClNO3S. The van der Waals surface area contributed by atoms with E-state index in [4.69, 9.17) is 21.1 Å². The molecule has 0 aliphatic carbocycles. The molecule has 0 radical (unpaired) electrons. The molecule has 140 valence electrons. The predicted molar refractivity (Wildman–Crippen MR) is 108 cm³/mol. The standard InChI is InChI=1S/C20H24ClNO3S/c1-3-25-18-8-7-15(12-19(18)24-2)13-22-20(23)9-10-26-14-16-5-4-6-17(21)11-16/h4-8,11-12H,3,9-10,13-14H2,1-2H3,(H,22,23). The molecule has 0 saturated heterocycles. The molecule has 0 heterocycles. The van der Waals surface area contributed by atoms with Crippen LogP contribution >= 0.6 is 23.4 Å². The molecule has 1 N–H and O–H groups in total. The molecule has 0 unspecified atom stereocenters. The molecule has 0 aliphatic heterocycles. The molecule has 26 heavy (non-hydrogen) atoms. The molecule has 1 amide bonds. The summed E-state index contributed by atoms with van der Waals surface area (Å²) < 4.78 is 10.8. The minimum Gasteiger partial charge on any atom is -0.493 e. The maximum atomic E-state index is 12.0. The summed E-state index contributed by atoms with van der Waals surface area (Å²) in [5.41, 5.74) is 2.15. The summed E-state index contributed by atoms with van der Waals surface area (Å²) in [5.74, 6) is 3.05. The lowest BCUT2D eigenvalue weighted by Crippen LogP contribution is -2.23. The van der Waals surface area contributed by atoms with E-state index in [1.807, 2.05) is 49.4 Å². The second-order valence-electron chi connectivity index (χ2n) is 5.63. The fraction of sp³-hybridized carbons (Fsp3) is 0.350. The zero-order valence-electron chi connectivity index (χ0n) is 15.1. The number of amides is 1. The van der Waals surface area contributed by atoms with Crippen LogP contribution in [0.5, 0.6) is 11.5 Å². The first-order valence-electron chi connectivity index (χ1n) is 8.51. The van der Waals surface area contributed by atoms with Crippen molar-refractivity contribution in [2.75, 3.05) is 19.5 Å². The van der Waals surface area contributed by atoms with E-state index in [2.05, 4.69) is 5.32 Å². The Hall–Kier alpha value is -1.85. The van der Waals surface area contributed by atoms with Gasteiger partial charge in [0, 0.05) is 29.5 Å². The van der Waals surface area contributed by atoms with Gasteiger partial charge < -0.3 is 14.8 Å². The fourth-order valence-corrected chi connectivity index (χ4v) is 3.47. The molecule has 0 saturated carbocycles. The maximum Gasteiger partial charge on any atom is 0.221 e. The van der Waals surface area contributed by atoms with E-state index in [9.17, 15) is 4.79 Å². The number of thioether (sulfide) groups is 1. The third kappa shape index (κ3) is 6.81. The van der Waals surface area contributed by atoms with Crippen molar-refractivity contribution in [2.24, 2.45) is 0 Å². The molecule has 0 aromatic heterocycles. The van der Waals surface area contributed by atoms with Gasteiger partial charge in [0.1, 0.15) is 0 Å². The number of carbonyl (C=O) groups is 1. The van der Waals surface area contributed by atoms with Gasteiger partial charge in [-0.15, -0.1) is 0 Å². The van der Waals surface area contributed by atoms with Crippen LogP contribution in [-0.4, -0.2) is 25.4 Å². The number of halogens is 1. The van der Waals surface area contributed by atoms with E-state index < -0.39 is 0 Å². The molecule has 0 spiro atoms. The van der Waals surface area contributed by atoms with Crippen LogP contribution in [0, 0.1) is 0 Å². The second kappa shape index (κ2) is 11.0. The van der Waals surface area contributed by atoms with E-state index in [1.165, 1.54) is 5.56 Å². The van der Waals surface area contributed by atoms with Crippen molar-refractivity contribution >= 4 is 29.3 Å². The summed E-state index contributed by atoms with van der Waals surface area (Å²) in [4.78, 5) is 12.0. The van der Waals surface area contributed by atoms with E-state index >= 15 is 0 Å².